The number of carbonyl (C=O) groups is 2. The fraction of sp³-hybridized carbons (Fsp3) is 0.375. The number of ether oxygens (including phenoxy) is 1. The molecule has 0 aliphatic heterocycles. The van der Waals surface area contributed by atoms with Gasteiger partial charge in [0.2, 0.25) is 5.91 Å². The highest BCUT2D eigenvalue weighted by molar-refractivity contribution is 6.02. The molecule has 2 aromatic rings. The van der Waals surface area contributed by atoms with Crippen molar-refractivity contribution in [2.75, 3.05) is 6.61 Å². The molecule has 5 nitrogen and oxygen atoms in total. The van der Waals surface area contributed by atoms with Gasteiger partial charge in [0.25, 0.3) is 0 Å². The summed E-state index contributed by atoms with van der Waals surface area (Å²) in [5.74, 6) is -0.836. The quantitative estimate of drug-likeness (QED) is 0.801. The number of carbonyl (C=O) groups excluding carboxylic acids is 2. The maximum atomic E-state index is 12.1. The maximum absolute atomic E-state index is 12.1. The van der Waals surface area contributed by atoms with E-state index in [0.29, 0.717) is 17.9 Å². The first-order valence-corrected chi connectivity index (χ1v) is 7.20. The van der Waals surface area contributed by atoms with E-state index >= 15 is 0 Å². The standard InChI is InChI=1S/C16H20N2O3/c1-3-5-6-11-12-9-10(15(17)19)7-8-13(12)18-14(11)16(20)21-4-2/h7-9,18H,3-6H2,1-2H3,(H2,17,19). The Kier molecular flexibility index (Phi) is 4.62. The van der Waals surface area contributed by atoms with Crippen molar-refractivity contribution < 1.29 is 14.3 Å². The Balaban J connectivity index is 2.56. The number of nitrogens with two attached hydrogens (primary N) is 1. The number of fused-ring (bicyclic) bond motifs is 1. The van der Waals surface area contributed by atoms with Gasteiger partial charge in [-0.2, -0.15) is 0 Å². The first kappa shape index (κ1) is 15.1. The van der Waals surface area contributed by atoms with Gasteiger partial charge in [0.05, 0.1) is 6.61 Å². The highest BCUT2D eigenvalue weighted by Gasteiger charge is 2.19. The molecule has 0 aliphatic rings. The van der Waals surface area contributed by atoms with E-state index in [1.807, 2.05) is 0 Å². The summed E-state index contributed by atoms with van der Waals surface area (Å²) in [6.07, 6.45) is 2.73. The van der Waals surface area contributed by atoms with Crippen LogP contribution in [0, 0.1) is 0 Å². The summed E-state index contributed by atoms with van der Waals surface area (Å²) in [7, 11) is 0. The fourth-order valence-corrected chi connectivity index (χ4v) is 2.39. The molecule has 1 aromatic heterocycles. The van der Waals surface area contributed by atoms with Gasteiger partial charge in [0, 0.05) is 16.5 Å². The third-order valence-corrected chi connectivity index (χ3v) is 3.45. The Morgan fingerprint density at radius 2 is 2.05 bits per heavy atom. The van der Waals surface area contributed by atoms with E-state index in [-0.39, 0.29) is 5.97 Å². The number of primary amides is 1. The third kappa shape index (κ3) is 3.07. The highest BCUT2D eigenvalue weighted by Crippen LogP contribution is 2.26. The Labute approximate surface area is 123 Å². The van der Waals surface area contributed by atoms with Crippen LogP contribution in [0.25, 0.3) is 10.9 Å². The minimum atomic E-state index is -0.475. The molecule has 0 atom stereocenters. The molecule has 0 radical (unpaired) electrons. The molecular formula is C16H20N2O3. The van der Waals surface area contributed by atoms with Crippen LogP contribution in [0.1, 0.15) is 53.1 Å². The van der Waals surface area contributed by atoms with Crippen LogP contribution in [0.5, 0.6) is 0 Å². The first-order chi connectivity index (χ1) is 10.1. The number of nitrogens with one attached hydrogen (secondary N) is 1. The molecule has 112 valence electrons. The molecule has 0 saturated heterocycles. The number of unbranched alkanes of at least 4 members (excludes halogenated alkanes) is 1. The van der Waals surface area contributed by atoms with E-state index in [9.17, 15) is 9.59 Å². The van der Waals surface area contributed by atoms with Crippen molar-refractivity contribution in [3.8, 4) is 0 Å². The Morgan fingerprint density at radius 1 is 1.29 bits per heavy atom. The molecule has 21 heavy (non-hydrogen) atoms. The maximum Gasteiger partial charge on any atom is 0.355 e. The summed E-state index contributed by atoms with van der Waals surface area (Å²) in [4.78, 5) is 26.5. The van der Waals surface area contributed by atoms with Gasteiger partial charge in [0.15, 0.2) is 0 Å². The molecule has 0 unspecified atom stereocenters. The average molecular weight is 288 g/mol. The lowest BCUT2D eigenvalue weighted by atomic mass is 10.0. The van der Waals surface area contributed by atoms with Crippen LogP contribution in [0.15, 0.2) is 18.2 Å². The molecule has 0 bridgehead atoms. The number of rotatable bonds is 6. The zero-order valence-electron chi connectivity index (χ0n) is 12.4. The number of esters is 1. The van der Waals surface area contributed by atoms with E-state index < -0.39 is 5.91 Å². The van der Waals surface area contributed by atoms with Crippen molar-refractivity contribution in [2.24, 2.45) is 5.73 Å². The Morgan fingerprint density at radius 3 is 2.67 bits per heavy atom. The minimum absolute atomic E-state index is 0.327. The van der Waals surface area contributed by atoms with Crippen LogP contribution >= 0.6 is 0 Å². The molecule has 1 aromatic carbocycles. The zero-order chi connectivity index (χ0) is 15.4. The van der Waals surface area contributed by atoms with Gasteiger partial charge in [-0.05, 0) is 43.5 Å². The number of hydrogen-bond acceptors (Lipinski definition) is 3. The normalized spacial score (nSPS) is 10.8. The van der Waals surface area contributed by atoms with Gasteiger partial charge >= 0.3 is 5.97 Å². The van der Waals surface area contributed by atoms with Crippen molar-refractivity contribution in [3.63, 3.8) is 0 Å². The van der Waals surface area contributed by atoms with Gasteiger partial charge < -0.3 is 15.5 Å². The summed E-state index contributed by atoms with van der Waals surface area (Å²) in [5, 5.41) is 0.864. The largest absolute Gasteiger partial charge is 0.461 e. The Hall–Kier alpha value is -2.30. The molecule has 1 amide bonds. The molecule has 0 saturated carbocycles. The second-order valence-corrected chi connectivity index (χ2v) is 4.93. The van der Waals surface area contributed by atoms with Crippen LogP contribution in [-0.2, 0) is 11.2 Å². The summed E-state index contributed by atoms with van der Waals surface area (Å²) < 4.78 is 5.09. The van der Waals surface area contributed by atoms with Crippen molar-refractivity contribution in [1.82, 2.24) is 4.98 Å². The second kappa shape index (κ2) is 6.43. The number of aromatic nitrogens is 1. The number of hydrogen-bond donors (Lipinski definition) is 2. The van der Waals surface area contributed by atoms with E-state index in [1.54, 1.807) is 25.1 Å². The monoisotopic (exact) mass is 288 g/mol. The van der Waals surface area contributed by atoms with Gasteiger partial charge in [-0.25, -0.2) is 4.79 Å². The van der Waals surface area contributed by atoms with Crippen LogP contribution in [0.2, 0.25) is 0 Å². The number of aromatic amines is 1. The smallest absolute Gasteiger partial charge is 0.355 e. The van der Waals surface area contributed by atoms with Gasteiger partial charge in [-0.3, -0.25) is 4.79 Å². The predicted octanol–water partition coefficient (Wildman–Crippen LogP) is 2.79. The van der Waals surface area contributed by atoms with E-state index in [2.05, 4.69) is 11.9 Å². The second-order valence-electron chi connectivity index (χ2n) is 4.93. The Bertz CT molecular complexity index is 673. The number of H-pyrrole nitrogens is 1. The molecule has 5 heteroatoms. The number of amides is 1. The van der Waals surface area contributed by atoms with Gasteiger partial charge in [-0.1, -0.05) is 13.3 Å². The fourth-order valence-electron chi connectivity index (χ4n) is 2.39. The van der Waals surface area contributed by atoms with Gasteiger partial charge in [0.1, 0.15) is 5.69 Å². The predicted molar refractivity (Wildman–Crippen MR) is 81.4 cm³/mol. The van der Waals surface area contributed by atoms with Crippen molar-refractivity contribution in [2.45, 2.75) is 33.1 Å². The van der Waals surface area contributed by atoms with E-state index in [1.165, 1.54) is 0 Å². The molecular weight excluding hydrogens is 268 g/mol. The molecule has 2 rings (SSSR count). The molecule has 0 spiro atoms. The molecule has 3 N–H and O–H groups in total. The van der Waals surface area contributed by atoms with Crippen LogP contribution in [-0.4, -0.2) is 23.5 Å². The minimum Gasteiger partial charge on any atom is -0.461 e. The van der Waals surface area contributed by atoms with Crippen molar-refractivity contribution in [3.05, 3.63) is 35.0 Å². The zero-order valence-corrected chi connectivity index (χ0v) is 12.4. The van der Waals surface area contributed by atoms with Crippen molar-refractivity contribution in [1.29, 1.82) is 0 Å². The average Bonchev–Trinajstić information content (AvgIpc) is 2.83. The molecule has 0 fully saturated rings. The van der Waals surface area contributed by atoms with Crippen molar-refractivity contribution >= 4 is 22.8 Å². The van der Waals surface area contributed by atoms with Crippen LogP contribution in [0.4, 0.5) is 0 Å². The van der Waals surface area contributed by atoms with E-state index in [0.717, 1.165) is 35.7 Å². The number of benzene rings is 1. The topological polar surface area (TPSA) is 85.2 Å². The molecule has 1 heterocycles. The van der Waals surface area contributed by atoms with Gasteiger partial charge in [-0.15, -0.1) is 0 Å². The van der Waals surface area contributed by atoms with Crippen LogP contribution < -0.4 is 5.73 Å². The lowest BCUT2D eigenvalue weighted by Gasteiger charge is -2.04. The summed E-state index contributed by atoms with van der Waals surface area (Å²) >= 11 is 0. The van der Waals surface area contributed by atoms with E-state index in [4.69, 9.17) is 10.5 Å². The lowest BCUT2D eigenvalue weighted by Crippen LogP contribution is -2.10. The summed E-state index contributed by atoms with van der Waals surface area (Å²) in [6, 6.07) is 5.16. The summed E-state index contributed by atoms with van der Waals surface area (Å²) in [6.45, 7) is 4.19. The first-order valence-electron chi connectivity index (χ1n) is 7.20. The highest BCUT2D eigenvalue weighted by atomic mass is 16.5. The SMILES string of the molecule is CCCCc1c(C(=O)OCC)[nH]c2ccc(C(N)=O)cc12. The van der Waals surface area contributed by atoms with Crippen LogP contribution in [0.3, 0.4) is 0 Å². The summed E-state index contributed by atoms with van der Waals surface area (Å²) in [5.41, 5.74) is 7.95. The lowest BCUT2D eigenvalue weighted by molar-refractivity contribution is 0.0519. The molecule has 0 aliphatic carbocycles. The third-order valence-electron chi connectivity index (χ3n) is 3.45. The number of aryl methyl sites for hydroxylation is 1.